The minimum absolute atomic E-state index is 0.0392. The Bertz CT molecular complexity index is 696. The zero-order valence-corrected chi connectivity index (χ0v) is 16.0. The van der Waals surface area contributed by atoms with Gasteiger partial charge in [-0.25, -0.2) is 0 Å². The van der Waals surface area contributed by atoms with E-state index in [2.05, 4.69) is 14.3 Å². The smallest absolute Gasteiger partial charge is 0.278 e. The molecule has 2 aliphatic rings. The third kappa shape index (κ3) is 5.03. The molecule has 0 aromatic heterocycles. The number of nitrogens with one attached hydrogen (secondary N) is 2. The molecule has 1 saturated heterocycles. The predicted octanol–water partition coefficient (Wildman–Crippen LogP) is 0.868. The van der Waals surface area contributed by atoms with Gasteiger partial charge in [-0.15, -0.1) is 0 Å². The van der Waals surface area contributed by atoms with Gasteiger partial charge in [0.05, 0.1) is 0 Å². The van der Waals surface area contributed by atoms with Crippen molar-refractivity contribution in [2.75, 3.05) is 33.2 Å². The molecular formula is C18H28N4O3S. The SMILES string of the molecule is CN1CCN(C(=O)C(NS(=O)(=O)NC2CCCC2)c2ccccc2)CC1. The molecule has 1 atom stereocenters. The highest BCUT2D eigenvalue weighted by molar-refractivity contribution is 7.87. The summed E-state index contributed by atoms with van der Waals surface area (Å²) in [5.74, 6) is -0.193. The molecule has 7 nitrogen and oxygen atoms in total. The Morgan fingerprint density at radius 3 is 2.31 bits per heavy atom. The average molecular weight is 381 g/mol. The number of amides is 1. The van der Waals surface area contributed by atoms with Crippen LogP contribution >= 0.6 is 0 Å². The van der Waals surface area contributed by atoms with Crippen molar-refractivity contribution in [2.45, 2.75) is 37.8 Å². The standard InChI is InChI=1S/C18H28N4O3S/c1-21-11-13-22(14-12-21)18(23)17(15-7-3-2-4-8-15)20-26(24,25)19-16-9-5-6-10-16/h2-4,7-8,16-17,19-20H,5-6,9-14H2,1H3. The highest BCUT2D eigenvalue weighted by Gasteiger charge is 2.32. The molecule has 26 heavy (non-hydrogen) atoms. The fourth-order valence-electron chi connectivity index (χ4n) is 3.57. The van der Waals surface area contributed by atoms with Crippen LogP contribution in [0, 0.1) is 0 Å². The lowest BCUT2D eigenvalue weighted by molar-refractivity contribution is -0.134. The van der Waals surface area contributed by atoms with Gasteiger partial charge in [-0.3, -0.25) is 4.79 Å². The van der Waals surface area contributed by atoms with Gasteiger partial charge in [0.15, 0.2) is 0 Å². The maximum Gasteiger partial charge on any atom is 0.278 e. The van der Waals surface area contributed by atoms with Crippen molar-refractivity contribution in [3.05, 3.63) is 35.9 Å². The lowest BCUT2D eigenvalue weighted by atomic mass is 10.1. The second-order valence-corrected chi connectivity index (χ2v) is 8.67. The lowest BCUT2D eigenvalue weighted by Gasteiger charge is -2.35. The Hall–Kier alpha value is -1.48. The number of carbonyl (C=O) groups excluding carboxylic acids is 1. The zero-order chi connectivity index (χ0) is 18.6. The van der Waals surface area contributed by atoms with Gasteiger partial charge in [0.2, 0.25) is 5.91 Å². The van der Waals surface area contributed by atoms with Crippen molar-refractivity contribution in [3.8, 4) is 0 Å². The summed E-state index contributed by atoms with van der Waals surface area (Å²) in [6.45, 7) is 2.80. The Labute approximate surface area is 155 Å². The van der Waals surface area contributed by atoms with Crippen molar-refractivity contribution in [3.63, 3.8) is 0 Å². The number of carbonyl (C=O) groups is 1. The minimum Gasteiger partial charge on any atom is -0.338 e. The molecule has 1 aromatic rings. The molecule has 2 fully saturated rings. The lowest BCUT2D eigenvalue weighted by Crippen LogP contribution is -2.52. The van der Waals surface area contributed by atoms with Crippen molar-refractivity contribution in [1.29, 1.82) is 0 Å². The van der Waals surface area contributed by atoms with Gasteiger partial charge < -0.3 is 9.80 Å². The molecule has 3 rings (SSSR count). The third-order valence-electron chi connectivity index (χ3n) is 5.14. The fraction of sp³-hybridized carbons (Fsp3) is 0.611. The molecule has 2 N–H and O–H groups in total. The predicted molar refractivity (Wildman–Crippen MR) is 101 cm³/mol. The van der Waals surface area contributed by atoms with Gasteiger partial charge in [-0.05, 0) is 25.5 Å². The molecular weight excluding hydrogens is 352 g/mol. The highest BCUT2D eigenvalue weighted by Crippen LogP contribution is 2.21. The van der Waals surface area contributed by atoms with Crippen molar-refractivity contribution < 1.29 is 13.2 Å². The molecule has 1 heterocycles. The number of rotatable bonds is 6. The monoisotopic (exact) mass is 380 g/mol. The Morgan fingerprint density at radius 1 is 1.08 bits per heavy atom. The summed E-state index contributed by atoms with van der Waals surface area (Å²) in [7, 11) is -1.75. The van der Waals surface area contributed by atoms with Crippen LogP contribution in [-0.2, 0) is 15.0 Å². The fourth-order valence-corrected chi connectivity index (χ4v) is 4.86. The number of likely N-dealkylation sites (N-methyl/N-ethyl adjacent to an activating group) is 1. The van der Waals surface area contributed by atoms with E-state index >= 15 is 0 Å². The molecule has 1 aromatic carbocycles. The highest BCUT2D eigenvalue weighted by atomic mass is 32.2. The van der Waals surface area contributed by atoms with Gasteiger partial charge in [-0.2, -0.15) is 17.9 Å². The number of nitrogens with zero attached hydrogens (tertiary/aromatic N) is 2. The minimum atomic E-state index is -3.76. The van der Waals surface area contributed by atoms with E-state index in [9.17, 15) is 13.2 Å². The van der Waals surface area contributed by atoms with Gasteiger partial charge in [0.1, 0.15) is 6.04 Å². The van der Waals surface area contributed by atoms with E-state index in [1.165, 1.54) is 0 Å². The summed E-state index contributed by atoms with van der Waals surface area (Å²) < 4.78 is 30.5. The topological polar surface area (TPSA) is 81.8 Å². The average Bonchev–Trinajstić information content (AvgIpc) is 3.13. The molecule has 1 amide bonds. The molecule has 0 bridgehead atoms. The quantitative estimate of drug-likeness (QED) is 0.767. The van der Waals surface area contributed by atoms with Gasteiger partial charge in [0, 0.05) is 32.2 Å². The maximum atomic E-state index is 13.1. The Kier molecular flexibility index (Phi) is 6.29. The molecule has 1 saturated carbocycles. The summed E-state index contributed by atoms with van der Waals surface area (Å²) in [6.07, 6.45) is 3.78. The summed E-state index contributed by atoms with van der Waals surface area (Å²) in [6, 6.07) is 8.12. The van der Waals surface area contributed by atoms with E-state index in [0.717, 1.165) is 38.8 Å². The second kappa shape index (κ2) is 8.47. The third-order valence-corrected chi connectivity index (χ3v) is 6.33. The number of hydrogen-bond donors (Lipinski definition) is 2. The summed E-state index contributed by atoms with van der Waals surface area (Å²) in [5, 5.41) is 0. The van der Waals surface area contributed by atoms with Crippen LogP contribution < -0.4 is 9.44 Å². The first kappa shape index (κ1) is 19.3. The van der Waals surface area contributed by atoms with Crippen LogP contribution in [0.1, 0.15) is 37.3 Å². The molecule has 1 aliphatic carbocycles. The maximum absolute atomic E-state index is 13.1. The van der Waals surface area contributed by atoms with Gasteiger partial charge in [0.25, 0.3) is 10.2 Å². The van der Waals surface area contributed by atoms with E-state index in [1.54, 1.807) is 17.0 Å². The number of piperazine rings is 1. The van der Waals surface area contributed by atoms with Crippen LogP contribution in [-0.4, -0.2) is 63.4 Å². The van der Waals surface area contributed by atoms with Crippen molar-refractivity contribution in [2.24, 2.45) is 0 Å². The Morgan fingerprint density at radius 2 is 1.69 bits per heavy atom. The Balaban J connectivity index is 1.76. The summed E-state index contributed by atoms with van der Waals surface area (Å²) >= 11 is 0. The van der Waals surface area contributed by atoms with E-state index in [4.69, 9.17) is 0 Å². The molecule has 1 aliphatic heterocycles. The second-order valence-electron chi connectivity index (χ2n) is 7.19. The number of hydrogen-bond acceptors (Lipinski definition) is 4. The van der Waals surface area contributed by atoms with Crippen LogP contribution in [0.2, 0.25) is 0 Å². The van der Waals surface area contributed by atoms with E-state index in [-0.39, 0.29) is 11.9 Å². The molecule has 1 unspecified atom stereocenters. The van der Waals surface area contributed by atoms with E-state index in [0.29, 0.717) is 18.7 Å². The van der Waals surface area contributed by atoms with Crippen molar-refractivity contribution in [1.82, 2.24) is 19.2 Å². The zero-order valence-electron chi connectivity index (χ0n) is 15.2. The van der Waals surface area contributed by atoms with Crippen LogP contribution in [0.3, 0.4) is 0 Å². The summed E-state index contributed by atoms with van der Waals surface area (Å²) in [4.78, 5) is 17.0. The normalized spacial score (nSPS) is 21.0. The van der Waals surface area contributed by atoms with E-state index in [1.807, 2.05) is 25.2 Å². The number of benzene rings is 1. The van der Waals surface area contributed by atoms with E-state index < -0.39 is 16.3 Å². The largest absolute Gasteiger partial charge is 0.338 e. The summed E-state index contributed by atoms with van der Waals surface area (Å²) in [5.41, 5.74) is 0.660. The first-order valence-electron chi connectivity index (χ1n) is 9.26. The first-order valence-corrected chi connectivity index (χ1v) is 10.7. The van der Waals surface area contributed by atoms with Crippen LogP contribution in [0.15, 0.2) is 30.3 Å². The molecule has 0 spiro atoms. The molecule has 144 valence electrons. The first-order chi connectivity index (χ1) is 12.4. The molecule has 0 radical (unpaired) electrons. The van der Waals surface area contributed by atoms with Crippen LogP contribution in [0.25, 0.3) is 0 Å². The van der Waals surface area contributed by atoms with Gasteiger partial charge in [-0.1, -0.05) is 43.2 Å². The van der Waals surface area contributed by atoms with Crippen LogP contribution in [0.5, 0.6) is 0 Å². The van der Waals surface area contributed by atoms with Crippen LogP contribution in [0.4, 0.5) is 0 Å². The van der Waals surface area contributed by atoms with Gasteiger partial charge >= 0.3 is 0 Å². The molecule has 8 heteroatoms. The van der Waals surface area contributed by atoms with Crippen molar-refractivity contribution >= 4 is 16.1 Å².